The van der Waals surface area contributed by atoms with Crippen LogP contribution in [0.5, 0.6) is 0 Å². The maximum atomic E-state index is 13.7. The minimum absolute atomic E-state index is 0.0606. The summed E-state index contributed by atoms with van der Waals surface area (Å²) < 4.78 is 28.8. The molecule has 0 atom stereocenters. The number of hydrogen-bond donors (Lipinski definition) is 1. The molecular formula is C28H26N4O3S2. The van der Waals surface area contributed by atoms with Crippen molar-refractivity contribution >= 4 is 39.1 Å². The highest BCUT2D eigenvalue weighted by Gasteiger charge is 2.36. The average molecular weight is 531 g/mol. The van der Waals surface area contributed by atoms with Gasteiger partial charge in [0.05, 0.1) is 29.9 Å². The molecule has 9 heteroatoms. The van der Waals surface area contributed by atoms with Gasteiger partial charge in [-0.1, -0.05) is 79.3 Å². The van der Waals surface area contributed by atoms with Crippen LogP contribution in [0.25, 0.3) is 11.3 Å². The van der Waals surface area contributed by atoms with Gasteiger partial charge in [0.25, 0.3) is 10.0 Å². The SMILES string of the molecule is CCc1ccccc1NC(=O)CSc1ncc2c(n1)-c1ccccc1N(Cc1ccccc1C)S2(=O)=O. The second-order valence-electron chi connectivity index (χ2n) is 8.67. The van der Waals surface area contributed by atoms with Gasteiger partial charge in [0.2, 0.25) is 5.91 Å². The third-order valence-corrected chi connectivity index (χ3v) is 8.93. The number of carbonyl (C=O) groups is 1. The molecule has 0 bridgehead atoms. The Bertz CT molecular complexity index is 1590. The first-order valence-electron chi connectivity index (χ1n) is 11.9. The van der Waals surface area contributed by atoms with Crippen LogP contribution in [-0.2, 0) is 27.8 Å². The maximum absolute atomic E-state index is 13.7. The van der Waals surface area contributed by atoms with E-state index in [-0.39, 0.29) is 23.1 Å². The zero-order valence-corrected chi connectivity index (χ0v) is 22.1. The average Bonchev–Trinajstić information content (AvgIpc) is 2.91. The number of benzene rings is 3. The third kappa shape index (κ3) is 4.97. The molecule has 1 N–H and O–H groups in total. The van der Waals surface area contributed by atoms with E-state index < -0.39 is 10.0 Å². The molecule has 0 radical (unpaired) electrons. The van der Waals surface area contributed by atoms with Crippen molar-refractivity contribution in [2.45, 2.75) is 36.9 Å². The summed E-state index contributed by atoms with van der Waals surface area (Å²) in [5.74, 6) is -0.0744. The molecule has 37 heavy (non-hydrogen) atoms. The van der Waals surface area contributed by atoms with Crippen LogP contribution in [-0.4, -0.2) is 30.0 Å². The molecule has 4 aromatic rings. The Hall–Kier alpha value is -3.69. The molecule has 0 spiro atoms. The number of amides is 1. The Morgan fingerprint density at radius 2 is 1.68 bits per heavy atom. The summed E-state index contributed by atoms with van der Waals surface area (Å²) in [7, 11) is -3.89. The highest BCUT2D eigenvalue weighted by Crippen LogP contribution is 2.43. The van der Waals surface area contributed by atoms with Gasteiger partial charge in [-0.15, -0.1) is 0 Å². The van der Waals surface area contributed by atoms with E-state index in [1.165, 1.54) is 22.3 Å². The molecule has 0 fully saturated rings. The molecule has 188 valence electrons. The zero-order chi connectivity index (χ0) is 26.0. The van der Waals surface area contributed by atoms with Crippen LogP contribution in [0.2, 0.25) is 0 Å². The Kier molecular flexibility index (Phi) is 6.99. The lowest BCUT2D eigenvalue weighted by atomic mass is 10.1. The molecule has 0 saturated carbocycles. The maximum Gasteiger partial charge on any atom is 0.268 e. The zero-order valence-electron chi connectivity index (χ0n) is 20.5. The van der Waals surface area contributed by atoms with Gasteiger partial charge in [0.1, 0.15) is 4.90 Å². The second kappa shape index (κ2) is 10.4. The highest BCUT2D eigenvalue weighted by molar-refractivity contribution is 7.99. The molecule has 1 aromatic heterocycles. The van der Waals surface area contributed by atoms with Gasteiger partial charge in [0.15, 0.2) is 5.16 Å². The predicted molar refractivity (Wildman–Crippen MR) is 147 cm³/mol. The van der Waals surface area contributed by atoms with Crippen LogP contribution in [0.15, 0.2) is 89.0 Å². The molecule has 2 heterocycles. The summed E-state index contributed by atoms with van der Waals surface area (Å²) in [5, 5.41) is 3.28. The summed E-state index contributed by atoms with van der Waals surface area (Å²) in [5.41, 5.74) is 5.43. The fourth-order valence-corrected chi connectivity index (χ4v) is 6.49. The topological polar surface area (TPSA) is 92.3 Å². The molecule has 1 aliphatic heterocycles. The van der Waals surface area contributed by atoms with Gasteiger partial charge in [-0.2, -0.15) is 0 Å². The van der Waals surface area contributed by atoms with Gasteiger partial charge in [-0.05, 0) is 42.2 Å². The lowest BCUT2D eigenvalue weighted by Gasteiger charge is -2.31. The van der Waals surface area contributed by atoms with Crippen molar-refractivity contribution in [3.63, 3.8) is 0 Å². The van der Waals surface area contributed by atoms with E-state index in [4.69, 9.17) is 0 Å². The fourth-order valence-electron chi connectivity index (χ4n) is 4.32. The summed E-state index contributed by atoms with van der Waals surface area (Å²) in [6.07, 6.45) is 2.16. The van der Waals surface area contributed by atoms with Gasteiger partial charge in [0, 0.05) is 11.3 Å². The summed E-state index contributed by atoms with van der Waals surface area (Å²) >= 11 is 1.17. The molecule has 0 unspecified atom stereocenters. The first-order chi connectivity index (χ1) is 17.9. The number of rotatable bonds is 7. The van der Waals surface area contributed by atoms with Crippen molar-refractivity contribution < 1.29 is 13.2 Å². The number of hydrogen-bond acceptors (Lipinski definition) is 6. The first kappa shape index (κ1) is 25.0. The van der Waals surface area contributed by atoms with Crippen molar-refractivity contribution in [3.8, 4) is 11.3 Å². The molecule has 0 saturated heterocycles. The van der Waals surface area contributed by atoms with Gasteiger partial charge < -0.3 is 5.32 Å². The van der Waals surface area contributed by atoms with Crippen LogP contribution < -0.4 is 9.62 Å². The van der Waals surface area contributed by atoms with Crippen LogP contribution in [0, 0.1) is 6.92 Å². The number of carbonyl (C=O) groups excluding carboxylic acids is 1. The summed E-state index contributed by atoms with van der Waals surface area (Å²) in [6, 6.07) is 22.8. The number of para-hydroxylation sites is 2. The number of fused-ring (bicyclic) bond motifs is 3. The lowest BCUT2D eigenvalue weighted by Crippen LogP contribution is -2.34. The monoisotopic (exact) mass is 530 g/mol. The number of aromatic nitrogens is 2. The lowest BCUT2D eigenvalue weighted by molar-refractivity contribution is -0.113. The minimum Gasteiger partial charge on any atom is -0.325 e. The number of thioether (sulfide) groups is 1. The third-order valence-electron chi connectivity index (χ3n) is 6.31. The van der Waals surface area contributed by atoms with Crippen molar-refractivity contribution in [3.05, 3.63) is 95.7 Å². The molecule has 3 aromatic carbocycles. The number of nitrogens with zero attached hydrogens (tertiary/aromatic N) is 3. The molecular weight excluding hydrogens is 504 g/mol. The van der Waals surface area contributed by atoms with Gasteiger partial charge in [-0.25, -0.2) is 18.4 Å². The van der Waals surface area contributed by atoms with E-state index in [9.17, 15) is 13.2 Å². The Morgan fingerprint density at radius 1 is 0.973 bits per heavy atom. The van der Waals surface area contributed by atoms with E-state index >= 15 is 0 Å². The second-order valence-corrected chi connectivity index (χ2v) is 11.4. The van der Waals surface area contributed by atoms with Crippen LogP contribution >= 0.6 is 11.8 Å². The van der Waals surface area contributed by atoms with E-state index in [1.807, 2.05) is 80.6 Å². The Labute approximate surface area is 221 Å². The quantitative estimate of drug-likeness (QED) is 0.252. The standard InChI is InChI=1S/C28H26N4O3S2/c1-3-20-11-6-8-14-23(20)30-26(33)18-36-28-29-16-25-27(31-28)22-13-7-9-15-24(22)32(37(25,34)35)17-21-12-5-4-10-19(21)2/h4-16H,3,17-18H2,1-2H3,(H,30,33). The number of nitrogens with one attached hydrogen (secondary N) is 1. The van der Waals surface area contributed by atoms with Crippen molar-refractivity contribution in [2.24, 2.45) is 0 Å². The Balaban J connectivity index is 1.41. The summed E-state index contributed by atoms with van der Waals surface area (Å²) in [6.45, 7) is 4.21. The number of aryl methyl sites for hydroxylation is 2. The van der Waals surface area contributed by atoms with E-state index in [0.717, 1.165) is 28.8 Å². The van der Waals surface area contributed by atoms with E-state index in [2.05, 4.69) is 15.3 Å². The molecule has 1 aliphatic rings. The molecule has 5 rings (SSSR count). The van der Waals surface area contributed by atoms with Gasteiger partial charge >= 0.3 is 0 Å². The predicted octanol–water partition coefficient (Wildman–Crippen LogP) is 5.45. The largest absolute Gasteiger partial charge is 0.325 e. The first-order valence-corrected chi connectivity index (χ1v) is 14.3. The highest BCUT2D eigenvalue weighted by atomic mass is 32.2. The van der Waals surface area contributed by atoms with Crippen molar-refractivity contribution in [1.29, 1.82) is 0 Å². The molecule has 7 nitrogen and oxygen atoms in total. The van der Waals surface area contributed by atoms with Crippen LogP contribution in [0.4, 0.5) is 11.4 Å². The van der Waals surface area contributed by atoms with E-state index in [1.54, 1.807) is 6.07 Å². The Morgan fingerprint density at radius 3 is 2.46 bits per heavy atom. The minimum atomic E-state index is -3.89. The molecule has 1 amide bonds. The van der Waals surface area contributed by atoms with Crippen molar-refractivity contribution in [2.75, 3.05) is 15.4 Å². The van der Waals surface area contributed by atoms with Crippen molar-refractivity contribution in [1.82, 2.24) is 9.97 Å². The molecule has 0 aliphatic carbocycles. The van der Waals surface area contributed by atoms with Crippen LogP contribution in [0.1, 0.15) is 23.6 Å². The summed E-state index contributed by atoms with van der Waals surface area (Å²) in [4.78, 5) is 21.5. The smallest absolute Gasteiger partial charge is 0.268 e. The van der Waals surface area contributed by atoms with Crippen LogP contribution in [0.3, 0.4) is 0 Å². The van der Waals surface area contributed by atoms with E-state index in [0.29, 0.717) is 22.1 Å². The fraction of sp³-hybridized carbons (Fsp3) is 0.179. The number of sulfonamides is 1. The van der Waals surface area contributed by atoms with Gasteiger partial charge in [-0.3, -0.25) is 9.10 Å². The normalized spacial score (nSPS) is 13.5. The number of anilines is 2.